The lowest BCUT2D eigenvalue weighted by atomic mass is 9.82. The third kappa shape index (κ3) is 1.84. The average molecular weight is 277 g/mol. The van der Waals surface area contributed by atoms with Gasteiger partial charge in [-0.2, -0.15) is 0 Å². The number of likely N-dealkylation sites (tertiary alicyclic amines) is 1. The maximum atomic E-state index is 12.1. The summed E-state index contributed by atoms with van der Waals surface area (Å²) in [6, 6.07) is 0. The summed E-state index contributed by atoms with van der Waals surface area (Å²) in [6.07, 6.45) is 6.01. The molecule has 0 radical (unpaired) electrons. The van der Waals surface area contributed by atoms with Gasteiger partial charge in [-0.3, -0.25) is 0 Å². The summed E-state index contributed by atoms with van der Waals surface area (Å²) in [5.74, 6) is 3.27. The molecule has 1 amide bonds. The highest BCUT2D eigenvalue weighted by molar-refractivity contribution is 5.67. The Bertz CT molecular complexity index is 429. The van der Waals surface area contributed by atoms with Gasteiger partial charge < -0.3 is 14.4 Å². The minimum absolute atomic E-state index is 0.124. The van der Waals surface area contributed by atoms with Crippen molar-refractivity contribution in [2.75, 3.05) is 19.7 Å². The second-order valence-electron chi connectivity index (χ2n) is 6.84. The Hall–Kier alpha value is -1.19. The summed E-state index contributed by atoms with van der Waals surface area (Å²) in [5.41, 5.74) is 0. The molecule has 2 aliphatic heterocycles. The number of allylic oxidation sites excluding steroid dienone is 1. The van der Waals surface area contributed by atoms with E-state index >= 15 is 0 Å². The Kier molecular flexibility index (Phi) is 2.93. The topological polar surface area (TPSA) is 38.8 Å². The first-order valence-electron chi connectivity index (χ1n) is 8.01. The van der Waals surface area contributed by atoms with Gasteiger partial charge in [-0.15, -0.1) is 0 Å². The smallest absolute Gasteiger partial charge is 0.409 e. The van der Waals surface area contributed by atoms with Gasteiger partial charge in [0.1, 0.15) is 6.10 Å². The van der Waals surface area contributed by atoms with Crippen LogP contribution < -0.4 is 0 Å². The van der Waals surface area contributed by atoms with E-state index in [9.17, 15) is 4.79 Å². The van der Waals surface area contributed by atoms with Crippen LogP contribution >= 0.6 is 0 Å². The summed E-state index contributed by atoms with van der Waals surface area (Å²) in [6.45, 7) is 6.28. The van der Waals surface area contributed by atoms with E-state index in [0.29, 0.717) is 30.3 Å². The Morgan fingerprint density at radius 2 is 2.10 bits per heavy atom. The minimum Gasteiger partial charge on any atom is -0.494 e. The van der Waals surface area contributed by atoms with E-state index in [2.05, 4.69) is 6.58 Å². The normalized spacial score (nSPS) is 41.9. The van der Waals surface area contributed by atoms with E-state index in [1.54, 1.807) is 0 Å². The van der Waals surface area contributed by atoms with Crippen molar-refractivity contribution in [3.05, 3.63) is 12.3 Å². The molecule has 4 fully saturated rings. The predicted molar refractivity (Wildman–Crippen MR) is 74.0 cm³/mol. The van der Waals surface area contributed by atoms with Crippen LogP contribution in [0.2, 0.25) is 0 Å². The molecular weight excluding hydrogens is 254 g/mol. The first-order valence-corrected chi connectivity index (χ1v) is 8.01. The van der Waals surface area contributed by atoms with E-state index in [1.807, 2.05) is 4.90 Å². The van der Waals surface area contributed by atoms with Crippen molar-refractivity contribution in [2.45, 2.75) is 38.2 Å². The highest BCUT2D eigenvalue weighted by atomic mass is 16.6. The molecule has 4 rings (SSSR count). The van der Waals surface area contributed by atoms with Crippen LogP contribution in [0.4, 0.5) is 4.79 Å². The summed E-state index contributed by atoms with van der Waals surface area (Å²) in [7, 11) is 0. The van der Waals surface area contributed by atoms with Crippen molar-refractivity contribution in [2.24, 2.45) is 23.7 Å². The van der Waals surface area contributed by atoms with Crippen LogP contribution in [0.1, 0.15) is 32.1 Å². The Labute approximate surface area is 120 Å². The molecule has 4 nitrogen and oxygen atoms in total. The largest absolute Gasteiger partial charge is 0.494 e. The van der Waals surface area contributed by atoms with Crippen molar-refractivity contribution < 1.29 is 14.3 Å². The second-order valence-corrected chi connectivity index (χ2v) is 6.84. The highest BCUT2D eigenvalue weighted by Gasteiger charge is 2.59. The Morgan fingerprint density at radius 3 is 2.90 bits per heavy atom. The zero-order chi connectivity index (χ0) is 13.7. The predicted octanol–water partition coefficient (Wildman–Crippen LogP) is 2.79. The van der Waals surface area contributed by atoms with E-state index in [0.717, 1.165) is 31.7 Å². The zero-order valence-corrected chi connectivity index (χ0v) is 11.9. The number of ether oxygens (including phenoxy) is 2. The molecular formula is C16H23NO3. The molecule has 20 heavy (non-hydrogen) atoms. The third-order valence-electron chi connectivity index (χ3n) is 5.81. The molecule has 0 spiro atoms. The average Bonchev–Trinajstić information content (AvgIpc) is 3.09. The minimum atomic E-state index is -0.124. The second kappa shape index (κ2) is 4.68. The van der Waals surface area contributed by atoms with Crippen molar-refractivity contribution in [3.8, 4) is 0 Å². The van der Waals surface area contributed by atoms with Crippen LogP contribution in [-0.2, 0) is 9.47 Å². The number of piperidine rings is 1. The molecule has 0 N–H and O–H groups in total. The molecule has 5 atom stereocenters. The fraction of sp³-hybridized carbons (Fsp3) is 0.812. The third-order valence-corrected chi connectivity index (χ3v) is 5.81. The van der Waals surface area contributed by atoms with Crippen molar-refractivity contribution in [1.29, 1.82) is 0 Å². The number of hydrogen-bond donors (Lipinski definition) is 0. The van der Waals surface area contributed by atoms with Crippen LogP contribution in [0.25, 0.3) is 0 Å². The summed E-state index contributed by atoms with van der Waals surface area (Å²) >= 11 is 0. The van der Waals surface area contributed by atoms with Gasteiger partial charge in [-0.1, -0.05) is 6.58 Å². The van der Waals surface area contributed by atoms with Gasteiger partial charge in [-0.05, 0) is 38.0 Å². The molecule has 0 aromatic heterocycles. The van der Waals surface area contributed by atoms with Gasteiger partial charge in [0.2, 0.25) is 0 Å². The van der Waals surface area contributed by atoms with Crippen LogP contribution in [0.15, 0.2) is 12.3 Å². The SMILES string of the molecule is C=C1OC2C(COC(=O)N3CCCCC3)C3CC1C2C3. The molecule has 2 bridgehead atoms. The molecule has 0 aromatic rings. The van der Waals surface area contributed by atoms with E-state index < -0.39 is 0 Å². The molecule has 110 valence electrons. The molecule has 2 aliphatic carbocycles. The Balaban J connectivity index is 1.34. The first kappa shape index (κ1) is 12.5. The van der Waals surface area contributed by atoms with Gasteiger partial charge in [-0.25, -0.2) is 4.79 Å². The molecule has 4 aliphatic rings. The van der Waals surface area contributed by atoms with Crippen LogP contribution in [-0.4, -0.2) is 36.8 Å². The molecule has 4 heteroatoms. The number of nitrogens with zero attached hydrogens (tertiary/aromatic N) is 1. The number of rotatable bonds is 2. The van der Waals surface area contributed by atoms with E-state index in [-0.39, 0.29) is 12.2 Å². The number of hydrogen-bond acceptors (Lipinski definition) is 3. The molecule has 2 saturated heterocycles. The van der Waals surface area contributed by atoms with Crippen molar-refractivity contribution in [1.82, 2.24) is 4.90 Å². The standard InChI is InChI=1S/C16H23NO3/c1-10-12-7-11-8-13(12)15(20-10)14(11)9-19-16(18)17-5-3-2-4-6-17/h11-15H,1-9H2. The fourth-order valence-corrected chi connectivity index (χ4v) is 4.78. The highest BCUT2D eigenvalue weighted by Crippen LogP contribution is 2.60. The van der Waals surface area contributed by atoms with Gasteiger partial charge in [0.15, 0.2) is 0 Å². The quantitative estimate of drug-likeness (QED) is 0.779. The lowest BCUT2D eigenvalue weighted by Crippen LogP contribution is -2.38. The zero-order valence-electron chi connectivity index (χ0n) is 11.9. The number of carbonyl (C=O) groups is 1. The molecule has 5 unspecified atom stereocenters. The fourth-order valence-electron chi connectivity index (χ4n) is 4.78. The van der Waals surface area contributed by atoms with E-state index in [1.165, 1.54) is 19.3 Å². The number of fused-ring (bicyclic) bond motifs is 1. The summed E-state index contributed by atoms with van der Waals surface area (Å²) in [5, 5.41) is 0. The lowest BCUT2D eigenvalue weighted by molar-refractivity contribution is 0.0270. The maximum Gasteiger partial charge on any atom is 0.409 e. The lowest BCUT2D eigenvalue weighted by Gasteiger charge is -2.29. The maximum absolute atomic E-state index is 12.1. The Morgan fingerprint density at radius 1 is 1.30 bits per heavy atom. The van der Waals surface area contributed by atoms with Crippen LogP contribution in [0.3, 0.4) is 0 Å². The number of amides is 1. The van der Waals surface area contributed by atoms with Crippen molar-refractivity contribution >= 4 is 6.09 Å². The molecule has 0 aromatic carbocycles. The first-order chi connectivity index (χ1) is 9.74. The number of carbonyl (C=O) groups excluding carboxylic acids is 1. The van der Waals surface area contributed by atoms with Gasteiger partial charge in [0, 0.05) is 30.8 Å². The summed E-state index contributed by atoms with van der Waals surface area (Å²) in [4.78, 5) is 13.9. The molecule has 2 saturated carbocycles. The monoisotopic (exact) mass is 277 g/mol. The van der Waals surface area contributed by atoms with Crippen LogP contribution in [0, 0.1) is 23.7 Å². The molecule has 2 heterocycles. The van der Waals surface area contributed by atoms with Gasteiger partial charge in [0.25, 0.3) is 0 Å². The van der Waals surface area contributed by atoms with Gasteiger partial charge >= 0.3 is 6.09 Å². The van der Waals surface area contributed by atoms with E-state index in [4.69, 9.17) is 9.47 Å². The van der Waals surface area contributed by atoms with Crippen LogP contribution in [0.5, 0.6) is 0 Å². The van der Waals surface area contributed by atoms with Crippen molar-refractivity contribution in [3.63, 3.8) is 0 Å². The van der Waals surface area contributed by atoms with Gasteiger partial charge in [0.05, 0.1) is 12.4 Å². The summed E-state index contributed by atoms with van der Waals surface area (Å²) < 4.78 is 11.5.